The van der Waals surface area contributed by atoms with Crippen LogP contribution in [-0.4, -0.2) is 11.9 Å². The van der Waals surface area contributed by atoms with Gasteiger partial charge in [0.1, 0.15) is 5.75 Å². The van der Waals surface area contributed by atoms with E-state index >= 15 is 0 Å². The number of thioether (sulfide) groups is 1. The topological polar surface area (TPSA) is 55.4 Å². The van der Waals surface area contributed by atoms with Crippen LogP contribution in [-0.2, 0) is 9.59 Å². The minimum atomic E-state index is -0.342. The standard InChI is InChI=1S/C19H17NO3S/c1-11-8-14(9-12(2)18(11)23-13(3)21)10-17-19(22)20-15-6-4-5-7-16(15)24-17/h4-10H,1-3H3,(H,20,22)/b17-10-. The molecule has 2 aromatic carbocycles. The zero-order valence-corrected chi connectivity index (χ0v) is 14.5. The highest BCUT2D eigenvalue weighted by Gasteiger charge is 2.20. The SMILES string of the molecule is CC(=O)Oc1c(C)cc(/C=C2\Sc3ccccc3NC2=O)cc1C. The van der Waals surface area contributed by atoms with E-state index in [2.05, 4.69) is 5.32 Å². The number of aryl methyl sites for hydroxylation is 2. The molecule has 1 aliphatic rings. The molecule has 3 rings (SSSR count). The van der Waals surface area contributed by atoms with E-state index in [9.17, 15) is 9.59 Å². The Morgan fingerprint density at radius 3 is 2.50 bits per heavy atom. The molecule has 0 saturated carbocycles. The Morgan fingerprint density at radius 2 is 1.83 bits per heavy atom. The van der Waals surface area contributed by atoms with E-state index in [1.807, 2.05) is 56.3 Å². The molecule has 1 N–H and O–H groups in total. The maximum absolute atomic E-state index is 12.3. The predicted molar refractivity (Wildman–Crippen MR) is 96.1 cm³/mol. The number of esters is 1. The number of para-hydroxylation sites is 1. The molecule has 0 aromatic heterocycles. The van der Waals surface area contributed by atoms with Gasteiger partial charge in [-0.15, -0.1) is 0 Å². The summed E-state index contributed by atoms with van der Waals surface area (Å²) in [6.07, 6.45) is 1.85. The third kappa shape index (κ3) is 3.36. The van der Waals surface area contributed by atoms with Crippen LogP contribution in [0.25, 0.3) is 6.08 Å². The Labute approximate surface area is 144 Å². The monoisotopic (exact) mass is 339 g/mol. The van der Waals surface area contributed by atoms with Crippen LogP contribution >= 0.6 is 11.8 Å². The first-order valence-electron chi connectivity index (χ1n) is 7.53. The number of carbonyl (C=O) groups is 2. The van der Waals surface area contributed by atoms with Crippen molar-refractivity contribution in [3.8, 4) is 5.75 Å². The highest BCUT2D eigenvalue weighted by molar-refractivity contribution is 8.04. The van der Waals surface area contributed by atoms with E-state index in [1.165, 1.54) is 18.7 Å². The lowest BCUT2D eigenvalue weighted by molar-refractivity contribution is -0.132. The van der Waals surface area contributed by atoms with Gasteiger partial charge in [0.15, 0.2) is 0 Å². The Hall–Kier alpha value is -2.53. The van der Waals surface area contributed by atoms with E-state index in [0.717, 1.165) is 27.3 Å². The molecule has 24 heavy (non-hydrogen) atoms. The van der Waals surface area contributed by atoms with Crippen LogP contribution in [0.15, 0.2) is 46.2 Å². The maximum atomic E-state index is 12.3. The maximum Gasteiger partial charge on any atom is 0.308 e. The van der Waals surface area contributed by atoms with Gasteiger partial charge in [0.05, 0.1) is 10.6 Å². The highest BCUT2D eigenvalue weighted by Crippen LogP contribution is 2.39. The van der Waals surface area contributed by atoms with Gasteiger partial charge in [-0.3, -0.25) is 9.59 Å². The summed E-state index contributed by atoms with van der Waals surface area (Å²) >= 11 is 1.45. The van der Waals surface area contributed by atoms with E-state index in [4.69, 9.17) is 4.74 Å². The summed E-state index contributed by atoms with van der Waals surface area (Å²) in [5.74, 6) is 0.125. The second kappa shape index (κ2) is 6.53. The summed E-state index contributed by atoms with van der Waals surface area (Å²) in [7, 11) is 0. The van der Waals surface area contributed by atoms with Crippen molar-refractivity contribution in [1.29, 1.82) is 0 Å². The van der Waals surface area contributed by atoms with Crippen molar-refractivity contribution in [2.45, 2.75) is 25.7 Å². The minimum absolute atomic E-state index is 0.113. The van der Waals surface area contributed by atoms with E-state index in [-0.39, 0.29) is 11.9 Å². The van der Waals surface area contributed by atoms with Gasteiger partial charge in [0.25, 0.3) is 5.91 Å². The van der Waals surface area contributed by atoms with E-state index in [1.54, 1.807) is 0 Å². The molecule has 0 aliphatic carbocycles. The molecule has 5 heteroatoms. The highest BCUT2D eigenvalue weighted by atomic mass is 32.2. The quantitative estimate of drug-likeness (QED) is 0.503. The first-order valence-corrected chi connectivity index (χ1v) is 8.35. The number of rotatable bonds is 2. The number of fused-ring (bicyclic) bond motifs is 1. The normalized spacial score (nSPS) is 15.0. The lowest BCUT2D eigenvalue weighted by Gasteiger charge is -2.18. The minimum Gasteiger partial charge on any atom is -0.426 e. The van der Waals surface area contributed by atoms with Crippen LogP contribution < -0.4 is 10.1 Å². The molecular formula is C19H17NO3S. The van der Waals surface area contributed by atoms with E-state index < -0.39 is 0 Å². The predicted octanol–water partition coefficient (Wildman–Crippen LogP) is 4.31. The summed E-state index contributed by atoms with van der Waals surface area (Å²) in [4.78, 5) is 25.1. The van der Waals surface area contributed by atoms with Gasteiger partial charge in [-0.05, 0) is 60.9 Å². The first kappa shape index (κ1) is 16.3. The van der Waals surface area contributed by atoms with Crippen molar-refractivity contribution < 1.29 is 14.3 Å². The van der Waals surface area contributed by atoms with Crippen molar-refractivity contribution in [1.82, 2.24) is 0 Å². The molecule has 1 heterocycles. The second-order valence-corrected chi connectivity index (χ2v) is 6.72. The Kier molecular flexibility index (Phi) is 4.44. The molecule has 1 amide bonds. The van der Waals surface area contributed by atoms with Gasteiger partial charge in [0.2, 0.25) is 0 Å². The number of ether oxygens (including phenoxy) is 1. The third-order valence-corrected chi connectivity index (χ3v) is 4.70. The second-order valence-electron chi connectivity index (χ2n) is 5.64. The number of benzene rings is 2. The van der Waals surface area contributed by atoms with Crippen molar-refractivity contribution >= 4 is 35.4 Å². The van der Waals surface area contributed by atoms with Crippen LogP contribution in [0.1, 0.15) is 23.6 Å². The zero-order chi connectivity index (χ0) is 17.3. The van der Waals surface area contributed by atoms with Crippen molar-refractivity contribution in [3.05, 3.63) is 58.0 Å². The van der Waals surface area contributed by atoms with Crippen molar-refractivity contribution in [3.63, 3.8) is 0 Å². The molecule has 0 bridgehead atoms. The third-order valence-electron chi connectivity index (χ3n) is 3.61. The van der Waals surface area contributed by atoms with Gasteiger partial charge >= 0.3 is 5.97 Å². The number of nitrogens with one attached hydrogen (secondary N) is 1. The van der Waals surface area contributed by atoms with Crippen LogP contribution in [0.4, 0.5) is 5.69 Å². The molecule has 0 atom stereocenters. The first-order chi connectivity index (χ1) is 11.4. The number of hydrogen-bond donors (Lipinski definition) is 1. The molecule has 122 valence electrons. The average Bonchev–Trinajstić information content (AvgIpc) is 2.51. The summed E-state index contributed by atoms with van der Waals surface area (Å²) in [6, 6.07) is 11.5. The van der Waals surface area contributed by atoms with Gasteiger partial charge in [-0.25, -0.2) is 0 Å². The van der Waals surface area contributed by atoms with Gasteiger partial charge < -0.3 is 10.1 Å². The summed E-state index contributed by atoms with van der Waals surface area (Å²) in [6.45, 7) is 5.16. The molecule has 0 saturated heterocycles. The molecule has 0 unspecified atom stereocenters. The summed E-state index contributed by atoms with van der Waals surface area (Å²) in [5, 5.41) is 2.90. The Balaban J connectivity index is 1.94. The molecule has 0 spiro atoms. The Morgan fingerprint density at radius 1 is 1.17 bits per heavy atom. The van der Waals surface area contributed by atoms with E-state index in [0.29, 0.717) is 10.7 Å². The number of carbonyl (C=O) groups excluding carboxylic acids is 2. The fraction of sp³-hybridized carbons (Fsp3) is 0.158. The molecule has 4 nitrogen and oxygen atoms in total. The van der Waals surface area contributed by atoms with Crippen LogP contribution in [0, 0.1) is 13.8 Å². The summed E-state index contributed by atoms with van der Waals surface area (Å²) < 4.78 is 5.24. The fourth-order valence-corrected chi connectivity index (χ4v) is 3.58. The lowest BCUT2D eigenvalue weighted by atomic mass is 10.1. The zero-order valence-electron chi connectivity index (χ0n) is 13.7. The molecule has 2 aromatic rings. The van der Waals surface area contributed by atoms with Gasteiger partial charge in [0, 0.05) is 11.8 Å². The van der Waals surface area contributed by atoms with Gasteiger partial charge in [-0.2, -0.15) is 0 Å². The smallest absolute Gasteiger partial charge is 0.308 e. The van der Waals surface area contributed by atoms with Gasteiger partial charge in [-0.1, -0.05) is 23.9 Å². The van der Waals surface area contributed by atoms with Crippen molar-refractivity contribution in [2.75, 3.05) is 5.32 Å². The summed E-state index contributed by atoms with van der Waals surface area (Å²) in [5.41, 5.74) is 3.46. The van der Waals surface area contributed by atoms with Crippen LogP contribution in [0.5, 0.6) is 5.75 Å². The number of amides is 1. The fourth-order valence-electron chi connectivity index (χ4n) is 2.63. The van der Waals surface area contributed by atoms with Crippen molar-refractivity contribution in [2.24, 2.45) is 0 Å². The molecule has 1 aliphatic heterocycles. The number of anilines is 1. The average molecular weight is 339 g/mol. The van der Waals surface area contributed by atoms with Crippen LogP contribution in [0.2, 0.25) is 0 Å². The lowest BCUT2D eigenvalue weighted by Crippen LogP contribution is -2.17. The molecule has 0 radical (unpaired) electrons. The largest absolute Gasteiger partial charge is 0.426 e. The Bertz CT molecular complexity index is 848. The number of hydrogen-bond acceptors (Lipinski definition) is 4. The molecule has 0 fully saturated rings. The molecular weight excluding hydrogens is 322 g/mol. The van der Waals surface area contributed by atoms with Crippen LogP contribution in [0.3, 0.4) is 0 Å².